The fourth-order valence-corrected chi connectivity index (χ4v) is 1.97. The normalized spacial score (nSPS) is 12.3. The van der Waals surface area contributed by atoms with Crippen molar-refractivity contribution in [3.63, 3.8) is 0 Å². The van der Waals surface area contributed by atoms with Gasteiger partial charge in [0.25, 0.3) is 0 Å². The maximum absolute atomic E-state index is 5.38. The SMILES string of the molecule is COCCCN(C)Cn1nnn(C(C)(C)C)c1=S. The van der Waals surface area contributed by atoms with Crippen LogP contribution in [-0.2, 0) is 16.9 Å². The molecule has 0 spiro atoms. The van der Waals surface area contributed by atoms with E-state index in [-0.39, 0.29) is 5.54 Å². The summed E-state index contributed by atoms with van der Waals surface area (Å²) in [7, 11) is 3.75. The molecule has 18 heavy (non-hydrogen) atoms. The van der Waals surface area contributed by atoms with E-state index >= 15 is 0 Å². The van der Waals surface area contributed by atoms with E-state index in [0.717, 1.165) is 19.6 Å². The summed E-state index contributed by atoms with van der Waals surface area (Å²) >= 11 is 5.38. The second-order valence-electron chi connectivity index (χ2n) is 5.41. The first-order valence-electron chi connectivity index (χ1n) is 6.07. The van der Waals surface area contributed by atoms with Gasteiger partial charge in [-0.1, -0.05) is 0 Å². The maximum atomic E-state index is 5.38. The summed E-state index contributed by atoms with van der Waals surface area (Å²) in [5.74, 6) is 0. The van der Waals surface area contributed by atoms with E-state index < -0.39 is 0 Å². The first kappa shape index (κ1) is 15.3. The summed E-state index contributed by atoms with van der Waals surface area (Å²) in [6, 6.07) is 0. The lowest BCUT2D eigenvalue weighted by atomic mass is 10.1. The average molecular weight is 273 g/mol. The molecule has 0 N–H and O–H groups in total. The Morgan fingerprint density at radius 2 is 2.00 bits per heavy atom. The third-order valence-electron chi connectivity index (χ3n) is 2.54. The van der Waals surface area contributed by atoms with Crippen LogP contribution < -0.4 is 0 Å². The molecule has 7 heteroatoms. The minimum atomic E-state index is -0.135. The van der Waals surface area contributed by atoms with Gasteiger partial charge in [0, 0.05) is 20.3 Å². The van der Waals surface area contributed by atoms with Crippen LogP contribution in [0.1, 0.15) is 27.2 Å². The van der Waals surface area contributed by atoms with Gasteiger partial charge in [-0.05, 0) is 56.9 Å². The van der Waals surface area contributed by atoms with Crippen molar-refractivity contribution in [3.05, 3.63) is 4.77 Å². The molecule has 0 saturated heterocycles. The van der Waals surface area contributed by atoms with E-state index in [0.29, 0.717) is 11.4 Å². The molecule has 0 aliphatic heterocycles. The summed E-state index contributed by atoms with van der Waals surface area (Å²) in [4.78, 5) is 2.15. The van der Waals surface area contributed by atoms with Crippen LogP contribution in [0.25, 0.3) is 0 Å². The minimum Gasteiger partial charge on any atom is -0.385 e. The summed E-state index contributed by atoms with van der Waals surface area (Å²) in [5.41, 5.74) is -0.135. The van der Waals surface area contributed by atoms with Crippen molar-refractivity contribution in [2.45, 2.75) is 39.4 Å². The Morgan fingerprint density at radius 3 is 2.50 bits per heavy atom. The van der Waals surface area contributed by atoms with Crippen LogP contribution in [0.3, 0.4) is 0 Å². The lowest BCUT2D eigenvalue weighted by molar-refractivity contribution is 0.167. The number of aromatic nitrogens is 4. The van der Waals surface area contributed by atoms with Gasteiger partial charge in [-0.3, -0.25) is 4.90 Å². The van der Waals surface area contributed by atoms with Crippen LogP contribution in [0.4, 0.5) is 0 Å². The van der Waals surface area contributed by atoms with E-state index in [1.54, 1.807) is 16.5 Å². The second kappa shape index (κ2) is 6.40. The van der Waals surface area contributed by atoms with Crippen LogP contribution in [0.15, 0.2) is 0 Å². The number of ether oxygens (including phenoxy) is 1. The molecular formula is C11H23N5OS. The quantitative estimate of drug-likeness (QED) is 0.580. The molecule has 1 heterocycles. The summed E-state index contributed by atoms with van der Waals surface area (Å²) in [5, 5.41) is 8.21. The highest BCUT2D eigenvalue weighted by Crippen LogP contribution is 2.11. The van der Waals surface area contributed by atoms with Crippen molar-refractivity contribution >= 4 is 12.2 Å². The zero-order chi connectivity index (χ0) is 13.8. The van der Waals surface area contributed by atoms with Gasteiger partial charge >= 0.3 is 0 Å². The maximum Gasteiger partial charge on any atom is 0.217 e. The zero-order valence-electron chi connectivity index (χ0n) is 11.9. The predicted octanol–water partition coefficient (Wildman–Crippen LogP) is 1.49. The first-order valence-corrected chi connectivity index (χ1v) is 6.48. The number of nitrogens with zero attached hydrogens (tertiary/aromatic N) is 5. The molecule has 6 nitrogen and oxygen atoms in total. The number of hydrogen-bond donors (Lipinski definition) is 0. The van der Waals surface area contributed by atoms with Crippen molar-refractivity contribution in [3.8, 4) is 0 Å². The predicted molar refractivity (Wildman–Crippen MR) is 73.0 cm³/mol. The highest BCUT2D eigenvalue weighted by molar-refractivity contribution is 7.71. The first-order chi connectivity index (χ1) is 8.36. The largest absolute Gasteiger partial charge is 0.385 e. The van der Waals surface area contributed by atoms with Crippen LogP contribution in [0, 0.1) is 4.77 Å². The standard InChI is InChI=1S/C11H23N5OS/c1-11(2,3)16-10(18)15(12-13-16)9-14(4)7-6-8-17-5/h6-9H2,1-5H3. The van der Waals surface area contributed by atoms with Gasteiger partial charge in [0.2, 0.25) is 4.77 Å². The molecule has 0 aliphatic rings. The highest BCUT2D eigenvalue weighted by atomic mass is 32.1. The van der Waals surface area contributed by atoms with Gasteiger partial charge in [0.15, 0.2) is 0 Å². The third kappa shape index (κ3) is 4.15. The van der Waals surface area contributed by atoms with Gasteiger partial charge < -0.3 is 4.74 Å². The monoisotopic (exact) mass is 273 g/mol. The molecular weight excluding hydrogens is 250 g/mol. The number of methoxy groups -OCH3 is 1. The van der Waals surface area contributed by atoms with E-state index in [1.807, 2.05) is 7.05 Å². The molecule has 0 bridgehead atoms. The summed E-state index contributed by atoms with van der Waals surface area (Å²) in [6.45, 7) is 8.54. The molecule has 0 radical (unpaired) electrons. The fourth-order valence-electron chi connectivity index (χ4n) is 1.56. The summed E-state index contributed by atoms with van der Waals surface area (Å²) < 4.78 is 9.20. The van der Waals surface area contributed by atoms with Gasteiger partial charge in [-0.25, -0.2) is 9.36 Å². The molecule has 0 atom stereocenters. The van der Waals surface area contributed by atoms with Gasteiger partial charge in [0.1, 0.15) is 0 Å². The Hall–Kier alpha value is -0.790. The van der Waals surface area contributed by atoms with E-state index in [2.05, 4.69) is 36.1 Å². The Bertz CT molecular complexity index is 420. The lowest BCUT2D eigenvalue weighted by Crippen LogP contribution is -2.26. The minimum absolute atomic E-state index is 0.135. The van der Waals surface area contributed by atoms with E-state index in [1.165, 1.54) is 0 Å². The smallest absolute Gasteiger partial charge is 0.217 e. The Morgan fingerprint density at radius 1 is 1.33 bits per heavy atom. The fraction of sp³-hybridized carbons (Fsp3) is 0.909. The van der Waals surface area contributed by atoms with E-state index in [4.69, 9.17) is 17.0 Å². The lowest BCUT2D eigenvalue weighted by Gasteiger charge is -2.18. The molecule has 0 aliphatic carbocycles. The van der Waals surface area contributed by atoms with Crippen LogP contribution in [0.2, 0.25) is 0 Å². The molecule has 1 aromatic rings. The summed E-state index contributed by atoms with van der Waals surface area (Å²) in [6.07, 6.45) is 0.994. The van der Waals surface area contributed by atoms with Gasteiger partial charge in [0.05, 0.1) is 12.2 Å². The van der Waals surface area contributed by atoms with Crippen LogP contribution in [-0.4, -0.2) is 52.0 Å². The molecule has 1 aromatic heterocycles. The molecule has 0 fully saturated rings. The van der Waals surface area contributed by atoms with Crippen molar-refractivity contribution < 1.29 is 4.74 Å². The van der Waals surface area contributed by atoms with Gasteiger partial charge in [-0.15, -0.1) is 0 Å². The van der Waals surface area contributed by atoms with Crippen molar-refractivity contribution in [1.29, 1.82) is 0 Å². The molecule has 0 saturated carbocycles. The Balaban J connectivity index is 2.64. The number of hydrogen-bond acceptors (Lipinski definition) is 5. The highest BCUT2D eigenvalue weighted by Gasteiger charge is 2.17. The number of tetrazole rings is 1. The van der Waals surface area contributed by atoms with E-state index in [9.17, 15) is 0 Å². The Labute approximate surface area is 114 Å². The van der Waals surface area contributed by atoms with Crippen molar-refractivity contribution in [1.82, 2.24) is 24.7 Å². The molecule has 0 unspecified atom stereocenters. The van der Waals surface area contributed by atoms with Crippen LogP contribution >= 0.6 is 12.2 Å². The molecule has 0 amide bonds. The molecule has 1 rings (SSSR count). The second-order valence-corrected chi connectivity index (χ2v) is 5.78. The van der Waals surface area contributed by atoms with Gasteiger partial charge in [-0.2, -0.15) is 0 Å². The molecule has 0 aromatic carbocycles. The van der Waals surface area contributed by atoms with Crippen molar-refractivity contribution in [2.24, 2.45) is 0 Å². The van der Waals surface area contributed by atoms with Crippen molar-refractivity contribution in [2.75, 3.05) is 27.3 Å². The number of rotatable bonds is 6. The Kier molecular flexibility index (Phi) is 5.43. The third-order valence-corrected chi connectivity index (χ3v) is 2.92. The topological polar surface area (TPSA) is 48.1 Å². The zero-order valence-corrected chi connectivity index (χ0v) is 12.7. The molecule has 104 valence electrons. The van der Waals surface area contributed by atoms with Crippen LogP contribution in [0.5, 0.6) is 0 Å². The average Bonchev–Trinajstić information content (AvgIpc) is 2.60.